The third kappa shape index (κ3) is 1.67. The molecule has 0 spiro atoms. The molecule has 0 aliphatic heterocycles. The van der Waals surface area contributed by atoms with Gasteiger partial charge in [-0.1, -0.05) is 6.92 Å². The molecule has 0 aromatic carbocycles. The average Bonchev–Trinajstić information content (AvgIpc) is 2.31. The molecule has 0 aliphatic carbocycles. The highest BCUT2D eigenvalue weighted by Gasteiger charge is 2.04. The first kappa shape index (κ1) is 7.47. The Balaban J connectivity index is 2.49. The van der Waals surface area contributed by atoms with Gasteiger partial charge in [0.15, 0.2) is 6.20 Å². The van der Waals surface area contributed by atoms with Crippen LogP contribution in [0.25, 0.3) is 0 Å². The minimum absolute atomic E-state index is 1.02. The Hall–Kier alpha value is -0.640. The molecule has 1 heterocycles. The number of aromatic nitrogens is 2. The molecule has 1 aromatic rings. The van der Waals surface area contributed by atoms with E-state index in [1.54, 1.807) is 0 Å². The fraction of sp³-hybridized carbons (Fsp3) is 0.667. The smallest absolute Gasteiger partial charge is 0.268 e. The second-order valence-corrected chi connectivity index (χ2v) is 3.05. The first-order chi connectivity index (χ1) is 4.84. The second-order valence-electron chi connectivity index (χ2n) is 2.13. The highest BCUT2D eigenvalue weighted by Crippen LogP contribution is 1.97. The van der Waals surface area contributed by atoms with Crippen molar-refractivity contribution in [1.29, 1.82) is 0 Å². The van der Waals surface area contributed by atoms with Crippen molar-refractivity contribution in [3.63, 3.8) is 0 Å². The normalized spacial score (nSPS) is 9.80. The van der Waals surface area contributed by atoms with Crippen LogP contribution >= 0.6 is 11.7 Å². The zero-order valence-corrected chi connectivity index (χ0v) is 7.11. The van der Waals surface area contributed by atoms with E-state index in [2.05, 4.69) is 16.6 Å². The van der Waals surface area contributed by atoms with Gasteiger partial charge in [-0.2, -0.15) is 3.96 Å². The summed E-state index contributed by atoms with van der Waals surface area (Å²) in [6.07, 6.45) is 3.00. The lowest BCUT2D eigenvalue weighted by Gasteiger charge is -1.93. The molecule has 0 atom stereocenters. The number of hydrogen-bond donors (Lipinski definition) is 1. The largest absolute Gasteiger partial charge is 0.302 e. The van der Waals surface area contributed by atoms with Gasteiger partial charge in [0.2, 0.25) is 11.7 Å². The Morgan fingerprint density at radius 2 is 2.60 bits per heavy atom. The average molecular weight is 158 g/mol. The molecule has 56 valence electrons. The molecule has 0 unspecified atom stereocenters. The summed E-state index contributed by atoms with van der Waals surface area (Å²) >= 11 is 1.46. The number of nitrogens with one attached hydrogen (secondary N) is 1. The van der Waals surface area contributed by atoms with Crippen LogP contribution in [0.5, 0.6) is 0 Å². The van der Waals surface area contributed by atoms with E-state index in [4.69, 9.17) is 0 Å². The van der Waals surface area contributed by atoms with Crippen LogP contribution in [0.15, 0.2) is 6.20 Å². The summed E-state index contributed by atoms with van der Waals surface area (Å²) in [4.78, 5) is 0. The van der Waals surface area contributed by atoms with E-state index in [1.165, 1.54) is 11.7 Å². The first-order valence-electron chi connectivity index (χ1n) is 3.39. The maximum Gasteiger partial charge on any atom is 0.268 e. The molecule has 0 amide bonds. The molecule has 0 aliphatic rings. The quantitative estimate of drug-likeness (QED) is 0.659. The molecule has 0 fully saturated rings. The van der Waals surface area contributed by atoms with E-state index in [0.29, 0.717) is 0 Å². The minimum Gasteiger partial charge on any atom is -0.302 e. The molecule has 1 N–H and O–H groups in total. The molecular weight excluding hydrogens is 146 g/mol. The van der Waals surface area contributed by atoms with E-state index in [0.717, 1.165) is 18.8 Å². The van der Waals surface area contributed by atoms with Crippen molar-refractivity contribution in [3.8, 4) is 0 Å². The van der Waals surface area contributed by atoms with Crippen molar-refractivity contribution < 1.29 is 3.96 Å². The lowest BCUT2D eigenvalue weighted by molar-refractivity contribution is -0.586. The standard InChI is InChI=1S/C6H11N3S/c1-3-4-7-6-5-8-10-9(6)2/h5H,3-4H2,1-2H3/p+1. The number of aryl methyl sites for hydroxylation is 1. The summed E-state index contributed by atoms with van der Waals surface area (Å²) < 4.78 is 6.03. The van der Waals surface area contributed by atoms with Gasteiger partial charge >= 0.3 is 0 Å². The maximum atomic E-state index is 4.02. The van der Waals surface area contributed by atoms with Crippen LogP contribution in [0.3, 0.4) is 0 Å². The molecule has 10 heavy (non-hydrogen) atoms. The Morgan fingerprint density at radius 1 is 1.80 bits per heavy atom. The van der Waals surface area contributed by atoms with Crippen molar-refractivity contribution in [2.75, 3.05) is 11.9 Å². The fourth-order valence-corrected chi connectivity index (χ4v) is 1.17. The van der Waals surface area contributed by atoms with E-state index >= 15 is 0 Å². The topological polar surface area (TPSA) is 28.8 Å². The Bertz CT molecular complexity index is 197. The Kier molecular flexibility index (Phi) is 2.62. The van der Waals surface area contributed by atoms with Gasteiger partial charge < -0.3 is 5.32 Å². The third-order valence-corrected chi connectivity index (χ3v) is 1.88. The van der Waals surface area contributed by atoms with Crippen molar-refractivity contribution in [3.05, 3.63) is 6.20 Å². The van der Waals surface area contributed by atoms with Crippen molar-refractivity contribution in [2.24, 2.45) is 7.05 Å². The van der Waals surface area contributed by atoms with Crippen LogP contribution < -0.4 is 9.27 Å². The molecule has 0 bridgehead atoms. The van der Waals surface area contributed by atoms with E-state index in [9.17, 15) is 0 Å². The van der Waals surface area contributed by atoms with Gasteiger partial charge in [-0.05, 0) is 10.8 Å². The van der Waals surface area contributed by atoms with Gasteiger partial charge in [0.25, 0.3) is 5.82 Å². The van der Waals surface area contributed by atoms with Crippen LogP contribution in [0.4, 0.5) is 5.82 Å². The molecule has 1 rings (SSSR count). The lowest BCUT2D eigenvalue weighted by atomic mass is 10.5. The number of anilines is 1. The first-order valence-corrected chi connectivity index (χ1v) is 4.12. The van der Waals surface area contributed by atoms with Crippen molar-refractivity contribution in [2.45, 2.75) is 13.3 Å². The number of nitrogens with zero attached hydrogens (tertiary/aromatic N) is 2. The van der Waals surface area contributed by atoms with Crippen molar-refractivity contribution >= 4 is 17.5 Å². The molecular formula is C6H12N3S+. The van der Waals surface area contributed by atoms with Crippen LogP contribution in [0.2, 0.25) is 0 Å². The number of hydrogen-bond acceptors (Lipinski definition) is 3. The van der Waals surface area contributed by atoms with E-state index < -0.39 is 0 Å². The predicted molar refractivity (Wildman–Crippen MR) is 42.1 cm³/mol. The summed E-state index contributed by atoms with van der Waals surface area (Å²) in [6, 6.07) is 0. The Labute approximate surface area is 65.0 Å². The van der Waals surface area contributed by atoms with Gasteiger partial charge in [0, 0.05) is 0 Å². The monoisotopic (exact) mass is 158 g/mol. The highest BCUT2D eigenvalue weighted by atomic mass is 32.1. The summed E-state index contributed by atoms with van der Waals surface area (Å²) in [5, 5.41) is 3.25. The Morgan fingerprint density at radius 3 is 3.10 bits per heavy atom. The molecule has 0 saturated carbocycles. The zero-order valence-electron chi connectivity index (χ0n) is 6.29. The molecule has 0 radical (unpaired) electrons. The third-order valence-electron chi connectivity index (χ3n) is 1.24. The van der Waals surface area contributed by atoms with Crippen molar-refractivity contribution in [1.82, 2.24) is 4.37 Å². The lowest BCUT2D eigenvalue weighted by Crippen LogP contribution is -2.26. The SMILES string of the molecule is CCCNc1cns[n+]1C. The van der Waals surface area contributed by atoms with Gasteiger partial charge in [-0.15, -0.1) is 0 Å². The number of rotatable bonds is 3. The fourth-order valence-electron chi connectivity index (χ4n) is 0.680. The van der Waals surface area contributed by atoms with Crippen LogP contribution in [0, 0.1) is 0 Å². The van der Waals surface area contributed by atoms with E-state index in [1.807, 2.05) is 17.2 Å². The summed E-state index contributed by atoms with van der Waals surface area (Å²) in [6.45, 7) is 3.17. The van der Waals surface area contributed by atoms with Crippen LogP contribution in [0.1, 0.15) is 13.3 Å². The summed E-state index contributed by atoms with van der Waals surface area (Å²) in [5.74, 6) is 1.10. The highest BCUT2D eigenvalue weighted by molar-refractivity contribution is 6.94. The van der Waals surface area contributed by atoms with Gasteiger partial charge in [0.1, 0.15) is 0 Å². The van der Waals surface area contributed by atoms with Gasteiger partial charge in [-0.25, -0.2) is 0 Å². The molecule has 1 aromatic heterocycles. The summed E-state index contributed by atoms with van der Waals surface area (Å²) in [7, 11) is 2.00. The minimum atomic E-state index is 1.02. The molecule has 0 saturated heterocycles. The maximum absolute atomic E-state index is 4.02. The summed E-state index contributed by atoms with van der Waals surface area (Å²) in [5.41, 5.74) is 0. The van der Waals surface area contributed by atoms with Crippen LogP contribution in [-0.4, -0.2) is 10.9 Å². The molecule has 3 nitrogen and oxygen atoms in total. The second kappa shape index (κ2) is 3.51. The van der Waals surface area contributed by atoms with Gasteiger partial charge in [0.05, 0.1) is 13.6 Å². The molecule has 4 heteroatoms. The van der Waals surface area contributed by atoms with E-state index in [-0.39, 0.29) is 0 Å². The predicted octanol–water partition coefficient (Wildman–Crippen LogP) is 0.789. The zero-order chi connectivity index (χ0) is 7.40. The van der Waals surface area contributed by atoms with Crippen LogP contribution in [-0.2, 0) is 7.05 Å². The van der Waals surface area contributed by atoms with Gasteiger partial charge in [-0.3, -0.25) is 0 Å².